The second-order valence-electron chi connectivity index (χ2n) is 5.16. The molecule has 3 N–H and O–H groups in total. The SMILES string of the molecule is COC1CCCC(Oc2cc3[nH]c(=O)oc3cc2N)C1. The molecule has 0 amide bonds. The average Bonchev–Trinajstić information content (AvgIpc) is 2.78. The van der Waals surface area contributed by atoms with Gasteiger partial charge >= 0.3 is 5.76 Å². The molecule has 1 saturated carbocycles. The van der Waals surface area contributed by atoms with Gasteiger partial charge in [0, 0.05) is 25.7 Å². The molecule has 1 aromatic carbocycles. The molecule has 6 nitrogen and oxygen atoms in total. The predicted octanol–water partition coefficient (Wildman–Crippen LogP) is 2.04. The number of nitrogens with one attached hydrogen (secondary N) is 1. The van der Waals surface area contributed by atoms with E-state index in [-0.39, 0.29) is 12.2 Å². The molecule has 3 rings (SSSR count). The van der Waals surface area contributed by atoms with Gasteiger partial charge in [0.25, 0.3) is 0 Å². The summed E-state index contributed by atoms with van der Waals surface area (Å²) < 4.78 is 16.3. The summed E-state index contributed by atoms with van der Waals surface area (Å²) in [7, 11) is 1.73. The minimum atomic E-state index is -0.492. The predicted molar refractivity (Wildman–Crippen MR) is 74.9 cm³/mol. The number of benzene rings is 1. The summed E-state index contributed by atoms with van der Waals surface area (Å²) in [4.78, 5) is 13.8. The van der Waals surface area contributed by atoms with Gasteiger partial charge in [0.15, 0.2) is 5.58 Å². The van der Waals surface area contributed by atoms with E-state index in [4.69, 9.17) is 19.6 Å². The Balaban J connectivity index is 1.82. The standard InChI is InChI=1S/C14H18N2O4/c1-18-8-3-2-4-9(5-8)19-12-7-11-13(6-10(12)15)20-14(17)16-11/h6-9H,2-5,15H2,1H3,(H,16,17). The van der Waals surface area contributed by atoms with E-state index in [9.17, 15) is 4.79 Å². The van der Waals surface area contributed by atoms with Gasteiger partial charge < -0.3 is 19.6 Å². The van der Waals surface area contributed by atoms with Crippen LogP contribution in [0.2, 0.25) is 0 Å². The van der Waals surface area contributed by atoms with Gasteiger partial charge in [-0.2, -0.15) is 0 Å². The molecule has 1 aliphatic rings. The van der Waals surface area contributed by atoms with Gasteiger partial charge in [0.05, 0.1) is 17.3 Å². The maximum atomic E-state index is 11.2. The van der Waals surface area contributed by atoms with E-state index in [2.05, 4.69) is 4.98 Å². The van der Waals surface area contributed by atoms with Crippen LogP contribution >= 0.6 is 0 Å². The number of methoxy groups -OCH3 is 1. The number of hydrogen-bond donors (Lipinski definition) is 2. The third kappa shape index (κ3) is 2.51. The van der Waals surface area contributed by atoms with Gasteiger partial charge in [-0.1, -0.05) is 0 Å². The van der Waals surface area contributed by atoms with Crippen LogP contribution in [0.5, 0.6) is 5.75 Å². The minimum absolute atomic E-state index is 0.0899. The highest BCUT2D eigenvalue weighted by molar-refractivity contribution is 5.80. The molecule has 2 unspecified atom stereocenters. The number of nitrogen functional groups attached to an aromatic ring is 1. The number of fused-ring (bicyclic) bond motifs is 1. The maximum absolute atomic E-state index is 11.2. The number of H-pyrrole nitrogens is 1. The van der Waals surface area contributed by atoms with E-state index in [1.165, 1.54) is 0 Å². The Kier molecular flexibility index (Phi) is 3.40. The van der Waals surface area contributed by atoms with Crippen LogP contribution in [0.25, 0.3) is 11.1 Å². The Morgan fingerprint density at radius 2 is 2.15 bits per heavy atom. The van der Waals surface area contributed by atoms with Crippen LogP contribution < -0.4 is 16.2 Å². The van der Waals surface area contributed by atoms with Crippen molar-refractivity contribution in [1.29, 1.82) is 0 Å². The Hall–Kier alpha value is -1.95. The summed E-state index contributed by atoms with van der Waals surface area (Å²) in [6, 6.07) is 3.32. The third-order valence-electron chi connectivity index (χ3n) is 3.76. The van der Waals surface area contributed by atoms with Crippen LogP contribution in [0.3, 0.4) is 0 Å². The van der Waals surface area contributed by atoms with Crippen LogP contribution in [-0.4, -0.2) is 24.3 Å². The lowest BCUT2D eigenvalue weighted by atomic mass is 9.95. The molecular formula is C14H18N2O4. The second kappa shape index (κ2) is 5.20. The van der Waals surface area contributed by atoms with Crippen LogP contribution in [-0.2, 0) is 4.74 Å². The summed E-state index contributed by atoms with van der Waals surface area (Å²) in [6.07, 6.45) is 4.32. The van der Waals surface area contributed by atoms with Crippen molar-refractivity contribution in [3.8, 4) is 5.75 Å². The molecule has 0 aliphatic heterocycles. The lowest BCUT2D eigenvalue weighted by Crippen LogP contribution is -2.29. The van der Waals surface area contributed by atoms with Gasteiger partial charge in [-0.05, 0) is 19.3 Å². The molecule has 108 valence electrons. The lowest BCUT2D eigenvalue weighted by Gasteiger charge is -2.29. The zero-order valence-corrected chi connectivity index (χ0v) is 11.3. The number of rotatable bonds is 3. The quantitative estimate of drug-likeness (QED) is 0.838. The zero-order valence-electron chi connectivity index (χ0n) is 11.3. The highest BCUT2D eigenvalue weighted by Gasteiger charge is 2.24. The van der Waals surface area contributed by atoms with Crippen molar-refractivity contribution in [3.63, 3.8) is 0 Å². The molecule has 1 aromatic heterocycles. The van der Waals surface area contributed by atoms with Crippen molar-refractivity contribution in [2.24, 2.45) is 0 Å². The first-order valence-electron chi connectivity index (χ1n) is 6.77. The lowest BCUT2D eigenvalue weighted by molar-refractivity contribution is 0.0212. The van der Waals surface area contributed by atoms with E-state index in [0.717, 1.165) is 25.7 Å². The Morgan fingerprint density at radius 3 is 2.95 bits per heavy atom. The van der Waals surface area contributed by atoms with Crippen molar-refractivity contribution < 1.29 is 13.9 Å². The first-order chi connectivity index (χ1) is 9.65. The van der Waals surface area contributed by atoms with Crippen LogP contribution in [0.15, 0.2) is 21.3 Å². The number of anilines is 1. The molecule has 1 heterocycles. The molecule has 1 aliphatic carbocycles. The van der Waals surface area contributed by atoms with E-state index in [1.54, 1.807) is 19.2 Å². The van der Waals surface area contributed by atoms with Crippen molar-refractivity contribution >= 4 is 16.8 Å². The monoisotopic (exact) mass is 278 g/mol. The summed E-state index contributed by atoms with van der Waals surface area (Å²) in [5.74, 6) is 0.0879. The molecule has 0 radical (unpaired) electrons. The van der Waals surface area contributed by atoms with Crippen molar-refractivity contribution in [1.82, 2.24) is 4.98 Å². The molecular weight excluding hydrogens is 260 g/mol. The van der Waals surface area contributed by atoms with E-state index in [0.29, 0.717) is 22.5 Å². The number of ether oxygens (including phenoxy) is 2. The Bertz CT molecular complexity index is 661. The first kappa shape index (κ1) is 13.1. The van der Waals surface area contributed by atoms with Crippen LogP contribution in [0.4, 0.5) is 5.69 Å². The molecule has 1 fully saturated rings. The summed E-state index contributed by atoms with van der Waals surface area (Å²) >= 11 is 0. The van der Waals surface area contributed by atoms with Crippen LogP contribution in [0, 0.1) is 0 Å². The zero-order chi connectivity index (χ0) is 14.1. The normalized spacial score (nSPS) is 23.1. The number of hydrogen-bond acceptors (Lipinski definition) is 5. The highest BCUT2D eigenvalue weighted by Crippen LogP contribution is 2.31. The third-order valence-corrected chi connectivity index (χ3v) is 3.76. The fourth-order valence-electron chi connectivity index (χ4n) is 2.70. The smallest absolute Gasteiger partial charge is 0.417 e. The van der Waals surface area contributed by atoms with Crippen molar-refractivity contribution in [3.05, 3.63) is 22.7 Å². The van der Waals surface area contributed by atoms with Gasteiger partial charge in [0.1, 0.15) is 11.9 Å². The number of aromatic amines is 1. The first-order valence-corrected chi connectivity index (χ1v) is 6.77. The number of nitrogens with two attached hydrogens (primary N) is 1. The van der Waals surface area contributed by atoms with Crippen LogP contribution in [0.1, 0.15) is 25.7 Å². The molecule has 6 heteroatoms. The van der Waals surface area contributed by atoms with Crippen molar-refractivity contribution in [2.75, 3.05) is 12.8 Å². The molecule has 0 bridgehead atoms. The second-order valence-corrected chi connectivity index (χ2v) is 5.16. The topological polar surface area (TPSA) is 90.5 Å². The fraction of sp³-hybridized carbons (Fsp3) is 0.500. The van der Waals surface area contributed by atoms with E-state index >= 15 is 0 Å². The van der Waals surface area contributed by atoms with Crippen molar-refractivity contribution in [2.45, 2.75) is 37.9 Å². The minimum Gasteiger partial charge on any atom is -0.488 e. The summed E-state index contributed by atoms with van der Waals surface area (Å²) in [6.45, 7) is 0. The molecule has 20 heavy (non-hydrogen) atoms. The van der Waals surface area contributed by atoms with E-state index in [1.807, 2.05) is 0 Å². The average molecular weight is 278 g/mol. The summed E-state index contributed by atoms with van der Waals surface area (Å²) in [5, 5.41) is 0. The highest BCUT2D eigenvalue weighted by atomic mass is 16.5. The fourth-order valence-corrected chi connectivity index (χ4v) is 2.70. The molecule has 2 atom stereocenters. The van der Waals surface area contributed by atoms with Gasteiger partial charge in [-0.15, -0.1) is 0 Å². The summed E-state index contributed by atoms with van der Waals surface area (Å²) in [5.41, 5.74) is 7.46. The molecule has 0 saturated heterocycles. The number of aromatic nitrogens is 1. The Labute approximate surface area is 115 Å². The van der Waals surface area contributed by atoms with Gasteiger partial charge in [-0.3, -0.25) is 4.98 Å². The Morgan fingerprint density at radius 1 is 1.35 bits per heavy atom. The molecule has 2 aromatic rings. The van der Waals surface area contributed by atoms with Gasteiger partial charge in [0.2, 0.25) is 0 Å². The van der Waals surface area contributed by atoms with E-state index < -0.39 is 5.76 Å². The van der Waals surface area contributed by atoms with Gasteiger partial charge in [-0.25, -0.2) is 4.79 Å². The molecule has 0 spiro atoms. The maximum Gasteiger partial charge on any atom is 0.417 e. The largest absolute Gasteiger partial charge is 0.488 e. The number of oxazole rings is 1.